The molecule has 96 valence electrons. The summed E-state index contributed by atoms with van der Waals surface area (Å²) >= 11 is 0. The molecule has 6 heteroatoms. The Morgan fingerprint density at radius 3 is 2.76 bits per heavy atom. The van der Waals surface area contributed by atoms with Crippen LogP contribution in [0.15, 0.2) is 0 Å². The fraction of sp³-hybridized carbons (Fsp3) is 0.818. The molecule has 1 N–H and O–H groups in total. The predicted octanol–water partition coefficient (Wildman–Crippen LogP) is -0.133. The van der Waals surface area contributed by atoms with Crippen LogP contribution in [0.5, 0.6) is 0 Å². The molecule has 0 saturated carbocycles. The zero-order valence-corrected chi connectivity index (χ0v) is 9.63. The Kier molecular flexibility index (Phi) is 3.96. The molecular formula is C11H17NO5. The smallest absolute Gasteiger partial charge is 0.306 e. The molecule has 1 unspecified atom stereocenters. The van der Waals surface area contributed by atoms with E-state index in [-0.39, 0.29) is 18.4 Å². The average Bonchev–Trinajstić information content (AvgIpc) is 2.81. The Morgan fingerprint density at radius 2 is 2.12 bits per heavy atom. The van der Waals surface area contributed by atoms with Gasteiger partial charge >= 0.3 is 5.97 Å². The number of carbonyl (C=O) groups excluding carboxylic acids is 1. The van der Waals surface area contributed by atoms with Crippen LogP contribution in [0.4, 0.5) is 0 Å². The highest BCUT2D eigenvalue weighted by atomic mass is 16.5. The molecule has 2 heterocycles. The average molecular weight is 243 g/mol. The fourth-order valence-electron chi connectivity index (χ4n) is 2.21. The molecule has 2 rings (SSSR count). The van der Waals surface area contributed by atoms with E-state index in [0.717, 1.165) is 12.8 Å². The Labute approximate surface area is 99.5 Å². The molecule has 0 bridgehead atoms. The third-order valence-electron chi connectivity index (χ3n) is 3.06. The number of carboxylic acids is 1. The quantitative estimate of drug-likeness (QED) is 0.747. The third-order valence-corrected chi connectivity index (χ3v) is 3.06. The third kappa shape index (κ3) is 3.17. The maximum atomic E-state index is 12.0. The lowest BCUT2D eigenvalue weighted by Gasteiger charge is -2.33. The summed E-state index contributed by atoms with van der Waals surface area (Å²) in [5.41, 5.74) is 0. The van der Waals surface area contributed by atoms with Crippen molar-refractivity contribution in [2.75, 3.05) is 26.3 Å². The molecule has 0 aromatic rings. The van der Waals surface area contributed by atoms with Crippen LogP contribution in [0.2, 0.25) is 0 Å². The van der Waals surface area contributed by atoms with Gasteiger partial charge in [0, 0.05) is 19.7 Å². The molecule has 6 nitrogen and oxygen atoms in total. The second-order valence-corrected chi connectivity index (χ2v) is 4.38. The van der Waals surface area contributed by atoms with E-state index >= 15 is 0 Å². The molecule has 0 aromatic heterocycles. The topological polar surface area (TPSA) is 76.1 Å². The molecule has 2 aliphatic heterocycles. The predicted molar refractivity (Wildman–Crippen MR) is 57.5 cm³/mol. The van der Waals surface area contributed by atoms with E-state index in [4.69, 9.17) is 14.6 Å². The second-order valence-electron chi connectivity index (χ2n) is 4.38. The van der Waals surface area contributed by atoms with Gasteiger partial charge < -0.3 is 19.5 Å². The Hall–Kier alpha value is -1.14. The summed E-state index contributed by atoms with van der Waals surface area (Å²) in [6.45, 7) is 1.91. The summed E-state index contributed by atoms with van der Waals surface area (Å²) in [5.74, 6) is -0.928. The number of rotatable bonds is 3. The van der Waals surface area contributed by atoms with Gasteiger partial charge in [-0.05, 0) is 12.8 Å². The van der Waals surface area contributed by atoms with Crippen molar-refractivity contribution in [2.24, 2.45) is 0 Å². The minimum Gasteiger partial charge on any atom is -0.481 e. The molecule has 0 aliphatic carbocycles. The van der Waals surface area contributed by atoms with Crippen LogP contribution in [0.1, 0.15) is 19.3 Å². The largest absolute Gasteiger partial charge is 0.481 e. The fourth-order valence-corrected chi connectivity index (χ4v) is 2.21. The van der Waals surface area contributed by atoms with Gasteiger partial charge in [0.25, 0.3) is 5.91 Å². The Bertz CT molecular complexity index is 300. The van der Waals surface area contributed by atoms with E-state index in [9.17, 15) is 9.59 Å². The number of nitrogens with zero attached hydrogens (tertiary/aromatic N) is 1. The maximum Gasteiger partial charge on any atom is 0.306 e. The summed E-state index contributed by atoms with van der Waals surface area (Å²) < 4.78 is 10.7. The van der Waals surface area contributed by atoms with Gasteiger partial charge in [-0.2, -0.15) is 0 Å². The number of amides is 1. The van der Waals surface area contributed by atoms with E-state index in [1.54, 1.807) is 4.90 Å². The van der Waals surface area contributed by atoms with Crippen LogP contribution in [-0.2, 0) is 19.1 Å². The molecule has 1 amide bonds. The normalized spacial score (nSPS) is 29.3. The monoisotopic (exact) mass is 243 g/mol. The van der Waals surface area contributed by atoms with E-state index in [0.29, 0.717) is 26.3 Å². The lowest BCUT2D eigenvalue weighted by atomic mass is 10.1. The van der Waals surface area contributed by atoms with Crippen molar-refractivity contribution in [3.63, 3.8) is 0 Å². The number of aliphatic carboxylic acids is 1. The molecule has 17 heavy (non-hydrogen) atoms. The van der Waals surface area contributed by atoms with Crippen molar-refractivity contribution in [1.29, 1.82) is 0 Å². The van der Waals surface area contributed by atoms with Gasteiger partial charge in [0.05, 0.1) is 19.1 Å². The number of ether oxygens (including phenoxy) is 2. The van der Waals surface area contributed by atoms with Gasteiger partial charge in [-0.1, -0.05) is 0 Å². The summed E-state index contributed by atoms with van der Waals surface area (Å²) in [4.78, 5) is 24.3. The van der Waals surface area contributed by atoms with Gasteiger partial charge in [0.2, 0.25) is 0 Å². The molecule has 2 atom stereocenters. The number of hydrogen-bond acceptors (Lipinski definition) is 4. The van der Waals surface area contributed by atoms with Crippen LogP contribution in [-0.4, -0.2) is 60.4 Å². The first-order chi connectivity index (χ1) is 8.16. The van der Waals surface area contributed by atoms with E-state index in [1.165, 1.54) is 0 Å². The highest BCUT2D eigenvalue weighted by molar-refractivity contribution is 5.81. The summed E-state index contributed by atoms with van der Waals surface area (Å²) in [6, 6.07) is 0. The molecule has 0 radical (unpaired) electrons. The standard InChI is InChI=1S/C11H17NO5/c13-10(14)6-8-7-12(3-5-16-8)11(15)9-2-1-4-17-9/h8-9H,1-7H2,(H,13,14)/t8?,9-/m0/s1. The number of carboxylic acid groups (broad SMARTS) is 1. The van der Waals surface area contributed by atoms with Crippen LogP contribution >= 0.6 is 0 Å². The lowest BCUT2D eigenvalue weighted by Crippen LogP contribution is -2.49. The van der Waals surface area contributed by atoms with Crippen molar-refractivity contribution in [2.45, 2.75) is 31.5 Å². The van der Waals surface area contributed by atoms with Crippen molar-refractivity contribution < 1.29 is 24.2 Å². The van der Waals surface area contributed by atoms with Crippen molar-refractivity contribution >= 4 is 11.9 Å². The molecule has 2 saturated heterocycles. The minimum absolute atomic E-state index is 0.0267. The zero-order valence-electron chi connectivity index (χ0n) is 9.63. The summed E-state index contributed by atoms with van der Waals surface area (Å²) in [6.07, 6.45) is 0.888. The Morgan fingerprint density at radius 1 is 1.29 bits per heavy atom. The van der Waals surface area contributed by atoms with Crippen LogP contribution < -0.4 is 0 Å². The summed E-state index contributed by atoms with van der Waals surface area (Å²) in [5, 5.41) is 8.69. The van der Waals surface area contributed by atoms with Crippen LogP contribution in [0.3, 0.4) is 0 Å². The minimum atomic E-state index is -0.901. The van der Waals surface area contributed by atoms with E-state index in [2.05, 4.69) is 0 Å². The molecular weight excluding hydrogens is 226 g/mol. The number of carbonyl (C=O) groups is 2. The number of morpholine rings is 1. The Balaban J connectivity index is 1.87. The van der Waals surface area contributed by atoms with E-state index in [1.807, 2.05) is 0 Å². The van der Waals surface area contributed by atoms with Gasteiger partial charge in [-0.3, -0.25) is 9.59 Å². The highest BCUT2D eigenvalue weighted by Gasteiger charge is 2.32. The van der Waals surface area contributed by atoms with Crippen LogP contribution in [0, 0.1) is 0 Å². The van der Waals surface area contributed by atoms with Crippen molar-refractivity contribution in [1.82, 2.24) is 4.90 Å². The maximum absolute atomic E-state index is 12.0. The first-order valence-corrected chi connectivity index (χ1v) is 5.90. The summed E-state index contributed by atoms with van der Waals surface area (Å²) in [7, 11) is 0. The number of hydrogen-bond donors (Lipinski definition) is 1. The van der Waals surface area contributed by atoms with E-state index < -0.39 is 12.1 Å². The SMILES string of the molecule is O=C(O)CC1CN(C(=O)[C@@H]2CCCO2)CCO1. The highest BCUT2D eigenvalue weighted by Crippen LogP contribution is 2.17. The van der Waals surface area contributed by atoms with Gasteiger partial charge in [0.15, 0.2) is 0 Å². The van der Waals surface area contributed by atoms with Crippen molar-refractivity contribution in [3.8, 4) is 0 Å². The molecule has 2 fully saturated rings. The van der Waals surface area contributed by atoms with Gasteiger partial charge in [-0.15, -0.1) is 0 Å². The molecule has 0 spiro atoms. The lowest BCUT2D eigenvalue weighted by molar-refractivity contribution is -0.153. The van der Waals surface area contributed by atoms with Gasteiger partial charge in [-0.25, -0.2) is 0 Å². The first kappa shape index (κ1) is 12.3. The van der Waals surface area contributed by atoms with Crippen LogP contribution in [0.25, 0.3) is 0 Å². The molecule has 2 aliphatic rings. The zero-order chi connectivity index (χ0) is 12.3. The second kappa shape index (κ2) is 5.46. The van der Waals surface area contributed by atoms with Crippen molar-refractivity contribution in [3.05, 3.63) is 0 Å². The van der Waals surface area contributed by atoms with Gasteiger partial charge in [0.1, 0.15) is 6.10 Å². The molecule has 0 aromatic carbocycles. The first-order valence-electron chi connectivity index (χ1n) is 5.90.